The molecule has 0 bridgehead atoms. The smallest absolute Gasteiger partial charge is 0.313 e. The van der Waals surface area contributed by atoms with Crippen LogP contribution in [0.15, 0.2) is 0 Å². The average molecular weight is 487 g/mol. The highest BCUT2D eigenvalue weighted by molar-refractivity contribution is 7.61. The van der Waals surface area contributed by atoms with E-state index in [-0.39, 0.29) is 29.3 Å². The maximum atomic E-state index is 16.8. The SMILES string of the molecule is CC(C)(C)CCN1[C@H]2CCCC[C@@H]2N(CCC(C)(C)C)P1(=O)[C@@]1(F)C[C@H]1C(=O)OC(C)(C)C. The molecule has 3 rings (SSSR count). The van der Waals surface area contributed by atoms with E-state index in [2.05, 4.69) is 50.9 Å². The molecule has 1 saturated heterocycles. The van der Waals surface area contributed by atoms with Gasteiger partial charge in [-0.1, -0.05) is 54.4 Å². The van der Waals surface area contributed by atoms with Crippen LogP contribution in [0, 0.1) is 16.7 Å². The van der Waals surface area contributed by atoms with Crippen molar-refractivity contribution in [3.05, 3.63) is 0 Å². The van der Waals surface area contributed by atoms with Gasteiger partial charge in [0, 0.05) is 31.6 Å². The molecule has 1 heterocycles. The van der Waals surface area contributed by atoms with Crippen LogP contribution in [-0.4, -0.2) is 51.5 Å². The Bertz CT molecular complexity index is 744. The first kappa shape index (κ1) is 27.1. The van der Waals surface area contributed by atoms with E-state index < -0.39 is 30.3 Å². The van der Waals surface area contributed by atoms with Crippen LogP contribution in [-0.2, 0) is 14.1 Å². The molecule has 0 N–H and O–H groups in total. The molecule has 33 heavy (non-hydrogen) atoms. The Morgan fingerprint density at radius 3 is 1.70 bits per heavy atom. The van der Waals surface area contributed by atoms with Crippen LogP contribution in [0.4, 0.5) is 4.39 Å². The molecule has 7 heteroatoms. The van der Waals surface area contributed by atoms with Crippen molar-refractivity contribution >= 4 is 13.4 Å². The lowest BCUT2D eigenvalue weighted by atomic mass is 9.88. The number of ether oxygens (including phenoxy) is 1. The number of fused-ring (bicyclic) bond motifs is 1. The molecular weight excluding hydrogens is 438 g/mol. The summed E-state index contributed by atoms with van der Waals surface area (Å²) in [7, 11) is -3.62. The summed E-state index contributed by atoms with van der Waals surface area (Å²) in [6.07, 6.45) is 5.80. The molecule has 0 aromatic heterocycles. The number of carbonyl (C=O) groups excluding carboxylic acids is 1. The predicted octanol–water partition coefficient (Wildman–Crippen LogP) is 7.01. The molecule has 0 aromatic carbocycles. The quantitative estimate of drug-likeness (QED) is 0.299. The van der Waals surface area contributed by atoms with Crippen molar-refractivity contribution in [3.8, 4) is 0 Å². The van der Waals surface area contributed by atoms with Crippen LogP contribution >= 0.6 is 7.44 Å². The van der Waals surface area contributed by atoms with Gasteiger partial charge in [-0.05, 0) is 57.3 Å². The summed E-state index contributed by atoms with van der Waals surface area (Å²) in [6, 6.07) is 0.221. The molecule has 2 aliphatic carbocycles. The second-order valence-corrected chi connectivity index (χ2v) is 16.9. The van der Waals surface area contributed by atoms with E-state index in [4.69, 9.17) is 4.74 Å². The van der Waals surface area contributed by atoms with Crippen molar-refractivity contribution < 1.29 is 18.5 Å². The van der Waals surface area contributed by atoms with Crippen LogP contribution in [0.3, 0.4) is 0 Å². The minimum atomic E-state index is -3.62. The minimum Gasteiger partial charge on any atom is -0.460 e. The summed E-state index contributed by atoms with van der Waals surface area (Å²) in [4.78, 5) is 12.9. The van der Waals surface area contributed by atoms with Gasteiger partial charge in [-0.2, -0.15) is 0 Å². The predicted molar refractivity (Wildman–Crippen MR) is 133 cm³/mol. The lowest BCUT2D eigenvalue weighted by Crippen LogP contribution is -2.41. The standard InChI is InChI=1S/C26H48FN2O3P/c1-23(2,3)14-16-28-20-12-10-11-13-21(20)29(17-15-24(4,5)6)33(28,31)26(27)18-19(26)22(30)32-25(7,8)9/h19-21H,10-18H2,1-9H3/t19-,20-,21-,26-/m0/s1. The third-order valence-electron chi connectivity index (χ3n) is 7.38. The zero-order valence-corrected chi connectivity index (χ0v) is 23.4. The van der Waals surface area contributed by atoms with Crippen LogP contribution < -0.4 is 0 Å². The van der Waals surface area contributed by atoms with Crippen molar-refractivity contribution in [2.75, 3.05) is 13.1 Å². The molecule has 0 radical (unpaired) electrons. The molecule has 192 valence electrons. The molecule has 0 aromatic rings. The van der Waals surface area contributed by atoms with Crippen molar-refractivity contribution in [3.63, 3.8) is 0 Å². The van der Waals surface area contributed by atoms with E-state index in [1.165, 1.54) is 0 Å². The Hall–Kier alpha value is -0.450. The van der Waals surface area contributed by atoms with E-state index in [0.29, 0.717) is 13.1 Å². The van der Waals surface area contributed by atoms with Gasteiger partial charge in [0.15, 0.2) is 0 Å². The summed E-state index contributed by atoms with van der Waals surface area (Å²) < 4.78 is 41.6. The molecule has 5 nitrogen and oxygen atoms in total. The first-order chi connectivity index (χ1) is 14.9. The van der Waals surface area contributed by atoms with Crippen molar-refractivity contribution in [2.45, 2.75) is 130 Å². The molecule has 4 atom stereocenters. The normalized spacial score (nSPS) is 33.1. The third kappa shape index (κ3) is 5.70. The van der Waals surface area contributed by atoms with Crippen LogP contribution in [0.2, 0.25) is 0 Å². The fourth-order valence-electron chi connectivity index (χ4n) is 5.45. The molecule has 0 unspecified atom stereocenters. The average Bonchev–Trinajstić information content (AvgIpc) is 3.27. The van der Waals surface area contributed by atoms with E-state index in [9.17, 15) is 4.79 Å². The summed E-state index contributed by atoms with van der Waals surface area (Å²) in [5, 5.41) is -2.01. The number of esters is 1. The fourth-order valence-corrected chi connectivity index (χ4v) is 9.62. The van der Waals surface area contributed by atoms with Gasteiger partial charge in [-0.25, -0.2) is 13.7 Å². The first-order valence-electron chi connectivity index (χ1n) is 13.0. The highest BCUT2D eigenvalue weighted by Gasteiger charge is 2.78. The van der Waals surface area contributed by atoms with Gasteiger partial charge >= 0.3 is 5.97 Å². The number of rotatable bonds is 6. The summed E-state index contributed by atoms with van der Waals surface area (Å²) in [5.74, 6) is -1.47. The van der Waals surface area contributed by atoms with E-state index in [1.807, 2.05) is 0 Å². The topological polar surface area (TPSA) is 49.9 Å². The number of nitrogens with zero attached hydrogens (tertiary/aromatic N) is 2. The van der Waals surface area contributed by atoms with Gasteiger partial charge in [0.2, 0.25) is 5.41 Å². The molecule has 0 spiro atoms. The van der Waals surface area contributed by atoms with Crippen LogP contribution in [0.1, 0.15) is 107 Å². The number of alkyl halides is 1. The molecule has 2 saturated carbocycles. The molecular formula is C26H48FN2O3P. The third-order valence-corrected chi connectivity index (χ3v) is 11.2. The zero-order valence-electron chi connectivity index (χ0n) is 22.5. The lowest BCUT2D eigenvalue weighted by Gasteiger charge is -2.37. The summed E-state index contributed by atoms with van der Waals surface area (Å²) >= 11 is 0. The maximum absolute atomic E-state index is 16.8. The van der Waals surface area contributed by atoms with Crippen LogP contribution in [0.25, 0.3) is 0 Å². The van der Waals surface area contributed by atoms with Crippen molar-refractivity contribution in [2.24, 2.45) is 16.7 Å². The molecule has 3 fully saturated rings. The maximum Gasteiger partial charge on any atom is 0.313 e. The summed E-state index contributed by atoms with van der Waals surface area (Å²) in [5.41, 5.74) is -0.562. The molecule has 0 amide bonds. The molecule has 3 aliphatic rings. The van der Waals surface area contributed by atoms with E-state index in [0.717, 1.165) is 38.5 Å². The van der Waals surface area contributed by atoms with Crippen LogP contribution in [0.5, 0.6) is 0 Å². The van der Waals surface area contributed by atoms with Gasteiger partial charge in [0.05, 0.1) is 0 Å². The van der Waals surface area contributed by atoms with Gasteiger partial charge in [0.25, 0.3) is 7.44 Å². The number of halogens is 1. The Kier molecular flexibility index (Phi) is 7.31. The monoisotopic (exact) mass is 486 g/mol. The Labute approximate surface area is 201 Å². The summed E-state index contributed by atoms with van der Waals surface area (Å²) in [6.45, 7) is 19.7. The minimum absolute atomic E-state index is 0.0106. The lowest BCUT2D eigenvalue weighted by molar-refractivity contribution is -0.157. The Balaban J connectivity index is 1.98. The van der Waals surface area contributed by atoms with Gasteiger partial charge in [-0.15, -0.1) is 0 Å². The second-order valence-electron chi connectivity index (χ2n) is 14.0. The van der Waals surface area contributed by atoms with Gasteiger partial charge in [-0.3, -0.25) is 9.36 Å². The van der Waals surface area contributed by atoms with Gasteiger partial charge < -0.3 is 4.74 Å². The highest BCUT2D eigenvalue weighted by atomic mass is 31.2. The zero-order chi connectivity index (χ0) is 25.0. The second kappa shape index (κ2) is 8.89. The van der Waals surface area contributed by atoms with Gasteiger partial charge in [0.1, 0.15) is 11.5 Å². The number of carbonyl (C=O) groups is 1. The fraction of sp³-hybridized carbons (Fsp3) is 0.962. The largest absolute Gasteiger partial charge is 0.460 e. The van der Waals surface area contributed by atoms with Crippen molar-refractivity contribution in [1.82, 2.24) is 9.34 Å². The number of hydrogen-bond acceptors (Lipinski definition) is 3. The van der Waals surface area contributed by atoms with Crippen molar-refractivity contribution in [1.29, 1.82) is 0 Å². The Morgan fingerprint density at radius 2 is 1.33 bits per heavy atom. The van der Waals surface area contributed by atoms with E-state index in [1.54, 1.807) is 20.8 Å². The molecule has 1 aliphatic heterocycles. The Morgan fingerprint density at radius 1 is 0.909 bits per heavy atom. The van der Waals surface area contributed by atoms with E-state index >= 15 is 8.96 Å². The first-order valence-corrected chi connectivity index (χ1v) is 14.6. The number of hydrogen-bond donors (Lipinski definition) is 0. The highest BCUT2D eigenvalue weighted by Crippen LogP contribution is 2.81.